The molecule has 1 atom stereocenters. The van der Waals surface area contributed by atoms with Crippen molar-refractivity contribution in [3.63, 3.8) is 0 Å². The lowest BCUT2D eigenvalue weighted by Crippen LogP contribution is -2.17. The molecular weight excluding hydrogens is 158 g/mol. The van der Waals surface area contributed by atoms with Crippen molar-refractivity contribution in [3.05, 3.63) is 0 Å². The van der Waals surface area contributed by atoms with E-state index in [0.717, 1.165) is 0 Å². The van der Waals surface area contributed by atoms with Gasteiger partial charge in [-0.15, -0.1) is 0 Å². The van der Waals surface area contributed by atoms with Crippen LogP contribution >= 0.6 is 0 Å². The molecule has 0 radical (unpaired) electrons. The van der Waals surface area contributed by atoms with Gasteiger partial charge in [0.05, 0.1) is 0 Å². The normalized spacial score (nSPS) is 15.2. The van der Waals surface area contributed by atoms with Crippen molar-refractivity contribution < 1.29 is 8.78 Å². The standard InChI is InChI=1S/C10H20F2/c1-5-10(11,12)7-6-9(4)8(2)3/h8-9H,5-7H2,1-4H3/t9-/m0/s1. The summed E-state index contributed by atoms with van der Waals surface area (Å²) >= 11 is 0. The summed E-state index contributed by atoms with van der Waals surface area (Å²) < 4.78 is 25.6. The lowest BCUT2D eigenvalue weighted by Gasteiger charge is -2.19. The summed E-state index contributed by atoms with van der Waals surface area (Å²) in [6, 6.07) is 0. The maximum atomic E-state index is 12.8. The van der Waals surface area contributed by atoms with Crippen molar-refractivity contribution in [1.82, 2.24) is 0 Å². The second-order valence-corrected chi connectivity index (χ2v) is 3.97. The first-order chi connectivity index (χ1) is 5.39. The van der Waals surface area contributed by atoms with Crippen LogP contribution in [0, 0.1) is 11.8 Å². The minimum absolute atomic E-state index is 0.0299. The molecule has 0 aliphatic carbocycles. The van der Waals surface area contributed by atoms with E-state index in [1.54, 1.807) is 6.92 Å². The Kier molecular flexibility index (Phi) is 4.73. The molecule has 0 saturated heterocycles. The van der Waals surface area contributed by atoms with E-state index >= 15 is 0 Å². The van der Waals surface area contributed by atoms with E-state index in [4.69, 9.17) is 0 Å². The zero-order valence-electron chi connectivity index (χ0n) is 8.53. The number of hydrogen-bond acceptors (Lipinski definition) is 0. The quantitative estimate of drug-likeness (QED) is 0.594. The highest BCUT2D eigenvalue weighted by Crippen LogP contribution is 2.28. The second kappa shape index (κ2) is 4.78. The molecule has 0 nitrogen and oxygen atoms in total. The Hall–Kier alpha value is -0.140. The van der Waals surface area contributed by atoms with E-state index in [9.17, 15) is 8.78 Å². The van der Waals surface area contributed by atoms with Crippen molar-refractivity contribution in [2.75, 3.05) is 0 Å². The van der Waals surface area contributed by atoms with Gasteiger partial charge < -0.3 is 0 Å². The van der Waals surface area contributed by atoms with E-state index in [-0.39, 0.29) is 12.8 Å². The van der Waals surface area contributed by atoms with Gasteiger partial charge in [-0.1, -0.05) is 27.7 Å². The minimum Gasteiger partial charge on any atom is -0.207 e. The highest BCUT2D eigenvalue weighted by atomic mass is 19.3. The highest BCUT2D eigenvalue weighted by molar-refractivity contribution is 4.67. The van der Waals surface area contributed by atoms with Crippen molar-refractivity contribution in [2.45, 2.75) is 52.9 Å². The second-order valence-electron chi connectivity index (χ2n) is 3.97. The molecular formula is C10H20F2. The largest absolute Gasteiger partial charge is 0.247 e. The van der Waals surface area contributed by atoms with Crippen LogP contribution < -0.4 is 0 Å². The molecule has 0 amide bonds. The monoisotopic (exact) mass is 178 g/mol. The third-order valence-electron chi connectivity index (χ3n) is 2.62. The molecule has 2 heteroatoms. The molecule has 12 heavy (non-hydrogen) atoms. The molecule has 0 rings (SSSR count). The van der Waals surface area contributed by atoms with Gasteiger partial charge in [-0.25, -0.2) is 8.78 Å². The van der Waals surface area contributed by atoms with Crippen LogP contribution in [0.1, 0.15) is 47.0 Å². The van der Waals surface area contributed by atoms with Crippen LogP contribution in [0.15, 0.2) is 0 Å². The SMILES string of the molecule is CCC(F)(F)CC[C@H](C)C(C)C. The summed E-state index contributed by atoms with van der Waals surface area (Å²) in [4.78, 5) is 0. The molecule has 74 valence electrons. The molecule has 0 heterocycles. The molecule has 0 saturated carbocycles. The fourth-order valence-electron chi connectivity index (χ4n) is 0.949. The predicted molar refractivity (Wildman–Crippen MR) is 48.5 cm³/mol. The molecule has 0 aromatic carbocycles. The van der Waals surface area contributed by atoms with Crippen LogP contribution in [0.3, 0.4) is 0 Å². The molecule has 0 spiro atoms. The average Bonchev–Trinajstić information content (AvgIpc) is 2.00. The van der Waals surface area contributed by atoms with Crippen molar-refractivity contribution in [2.24, 2.45) is 11.8 Å². The van der Waals surface area contributed by atoms with Gasteiger partial charge in [0, 0.05) is 12.8 Å². The zero-order chi connectivity index (χ0) is 9.78. The van der Waals surface area contributed by atoms with Gasteiger partial charge in [-0.3, -0.25) is 0 Å². The molecule has 0 aromatic heterocycles. The third kappa shape index (κ3) is 4.68. The Morgan fingerprint density at radius 1 is 1.17 bits per heavy atom. The Labute approximate surface area is 74.4 Å². The predicted octanol–water partition coefficient (Wildman–Crippen LogP) is 4.10. The zero-order valence-corrected chi connectivity index (χ0v) is 8.53. The Bertz CT molecular complexity index is 119. The summed E-state index contributed by atoms with van der Waals surface area (Å²) in [5, 5.41) is 0. The van der Waals surface area contributed by atoms with Crippen molar-refractivity contribution >= 4 is 0 Å². The molecule has 0 aliphatic heterocycles. The smallest absolute Gasteiger partial charge is 0.207 e. The van der Waals surface area contributed by atoms with Crippen LogP contribution in [0.2, 0.25) is 0 Å². The first-order valence-electron chi connectivity index (χ1n) is 4.77. The van der Waals surface area contributed by atoms with Crippen LogP contribution in [-0.2, 0) is 0 Å². The van der Waals surface area contributed by atoms with Crippen molar-refractivity contribution in [1.29, 1.82) is 0 Å². The summed E-state index contributed by atoms with van der Waals surface area (Å²) in [6.07, 6.45) is 0.652. The van der Waals surface area contributed by atoms with Crippen LogP contribution in [-0.4, -0.2) is 5.92 Å². The number of hydrogen-bond donors (Lipinski definition) is 0. The third-order valence-corrected chi connectivity index (χ3v) is 2.62. The first-order valence-corrected chi connectivity index (χ1v) is 4.77. The van der Waals surface area contributed by atoms with E-state index in [0.29, 0.717) is 18.3 Å². The number of rotatable bonds is 5. The van der Waals surface area contributed by atoms with Crippen LogP contribution in [0.25, 0.3) is 0 Å². The average molecular weight is 178 g/mol. The van der Waals surface area contributed by atoms with Gasteiger partial charge in [0.25, 0.3) is 0 Å². The molecule has 0 N–H and O–H groups in total. The van der Waals surface area contributed by atoms with Crippen LogP contribution in [0.4, 0.5) is 8.78 Å². The molecule has 0 bridgehead atoms. The van der Waals surface area contributed by atoms with Gasteiger partial charge in [-0.2, -0.15) is 0 Å². The van der Waals surface area contributed by atoms with Gasteiger partial charge in [0.1, 0.15) is 0 Å². The minimum atomic E-state index is -2.44. The summed E-state index contributed by atoms with van der Waals surface area (Å²) in [7, 11) is 0. The maximum absolute atomic E-state index is 12.8. The van der Waals surface area contributed by atoms with Gasteiger partial charge in [-0.05, 0) is 18.3 Å². The van der Waals surface area contributed by atoms with Crippen molar-refractivity contribution in [3.8, 4) is 0 Å². The Morgan fingerprint density at radius 2 is 1.67 bits per heavy atom. The maximum Gasteiger partial charge on any atom is 0.247 e. The highest BCUT2D eigenvalue weighted by Gasteiger charge is 2.26. The lowest BCUT2D eigenvalue weighted by molar-refractivity contribution is -0.0178. The van der Waals surface area contributed by atoms with Gasteiger partial charge in [0.2, 0.25) is 5.92 Å². The molecule has 0 aliphatic rings. The topological polar surface area (TPSA) is 0 Å². The lowest BCUT2D eigenvalue weighted by atomic mass is 9.91. The van der Waals surface area contributed by atoms with E-state index in [1.807, 2.05) is 6.92 Å². The first kappa shape index (κ1) is 11.9. The van der Waals surface area contributed by atoms with E-state index in [1.165, 1.54) is 0 Å². The summed E-state index contributed by atoms with van der Waals surface area (Å²) in [5.74, 6) is -1.52. The Morgan fingerprint density at radius 3 is 2.00 bits per heavy atom. The fraction of sp³-hybridized carbons (Fsp3) is 1.00. The fourth-order valence-corrected chi connectivity index (χ4v) is 0.949. The molecule has 0 fully saturated rings. The molecule has 0 aromatic rings. The Balaban J connectivity index is 3.67. The van der Waals surface area contributed by atoms with Gasteiger partial charge >= 0.3 is 0 Å². The summed E-state index contributed by atoms with van der Waals surface area (Å²) in [6.45, 7) is 7.74. The van der Waals surface area contributed by atoms with Gasteiger partial charge in [0.15, 0.2) is 0 Å². The molecule has 0 unspecified atom stereocenters. The van der Waals surface area contributed by atoms with E-state index in [2.05, 4.69) is 13.8 Å². The number of alkyl halides is 2. The summed E-state index contributed by atoms with van der Waals surface area (Å²) in [5.41, 5.74) is 0. The van der Waals surface area contributed by atoms with E-state index < -0.39 is 5.92 Å². The number of halogens is 2. The van der Waals surface area contributed by atoms with Crippen LogP contribution in [0.5, 0.6) is 0 Å².